The number of nitrogens with two attached hydrogens (primary N) is 1. The molecule has 4 rings (SSSR count). The molecule has 1 atom stereocenters. The van der Waals surface area contributed by atoms with Gasteiger partial charge in [0.15, 0.2) is 9.84 Å². The van der Waals surface area contributed by atoms with E-state index in [0.29, 0.717) is 25.0 Å². The number of methoxy groups -OCH3 is 1. The third kappa shape index (κ3) is 8.17. The molecule has 8 nitrogen and oxygen atoms in total. The van der Waals surface area contributed by atoms with E-state index in [-0.39, 0.29) is 13.4 Å². The Balaban J connectivity index is 0.000000427. The van der Waals surface area contributed by atoms with Gasteiger partial charge >= 0.3 is 6.43 Å². The molecule has 13 heteroatoms. The van der Waals surface area contributed by atoms with E-state index in [1.165, 1.54) is 7.11 Å². The Kier molecular flexibility index (Phi) is 11.8. The predicted molar refractivity (Wildman–Crippen MR) is 144 cm³/mol. The maximum Gasteiger partial charge on any atom is 0.312 e. The van der Waals surface area contributed by atoms with Gasteiger partial charge in [-0.3, -0.25) is 9.69 Å². The fraction of sp³-hybridized carbons (Fsp3) is 0.615. The molecule has 1 unspecified atom stereocenters. The molecule has 0 radical (unpaired) electrons. The number of amides is 1. The molecule has 1 aromatic rings. The second-order valence-corrected chi connectivity index (χ2v) is 11.3. The molecule has 2 fully saturated rings. The van der Waals surface area contributed by atoms with E-state index in [0.717, 1.165) is 51.6 Å². The van der Waals surface area contributed by atoms with Crippen LogP contribution in [0.3, 0.4) is 0 Å². The van der Waals surface area contributed by atoms with Gasteiger partial charge in [0.05, 0.1) is 12.0 Å². The van der Waals surface area contributed by atoms with E-state index in [1.807, 2.05) is 30.9 Å². The number of carbonyl (C=O) groups is 1. The van der Waals surface area contributed by atoms with E-state index in [4.69, 9.17) is 10.5 Å². The first-order chi connectivity index (χ1) is 18.4. The van der Waals surface area contributed by atoms with E-state index >= 15 is 0 Å². The van der Waals surface area contributed by atoms with E-state index in [1.54, 1.807) is 0 Å². The summed E-state index contributed by atoms with van der Waals surface area (Å²) in [7, 11) is -2.37. The number of alkyl halides is 2. The molecule has 2 heterocycles. The maximum atomic E-state index is 13.0. The number of sulfone groups is 1. The summed E-state index contributed by atoms with van der Waals surface area (Å²) in [5, 5.41) is 0. The summed E-state index contributed by atoms with van der Waals surface area (Å²) in [6, 6.07) is 1.65. The Bertz CT molecular complexity index is 1140. The third-order valence-electron chi connectivity index (χ3n) is 6.80. The maximum absolute atomic E-state index is 13.0. The van der Waals surface area contributed by atoms with Gasteiger partial charge in [-0.1, -0.05) is 19.9 Å². The van der Waals surface area contributed by atoms with Crippen LogP contribution in [-0.4, -0.2) is 81.2 Å². The van der Waals surface area contributed by atoms with Crippen molar-refractivity contribution in [3.8, 4) is 0 Å². The van der Waals surface area contributed by atoms with Crippen LogP contribution in [0, 0.1) is 11.6 Å². The largest absolute Gasteiger partial charge is 0.480 e. The van der Waals surface area contributed by atoms with Crippen LogP contribution in [0.2, 0.25) is 0 Å². The molecule has 39 heavy (non-hydrogen) atoms. The van der Waals surface area contributed by atoms with Crippen LogP contribution in [0.25, 0.3) is 0 Å². The van der Waals surface area contributed by atoms with Crippen molar-refractivity contribution < 1.29 is 36.9 Å². The molecule has 0 bridgehead atoms. The smallest absolute Gasteiger partial charge is 0.312 e. The summed E-state index contributed by atoms with van der Waals surface area (Å²) in [5.41, 5.74) is 3.58. The SMILES string of the molecule is CC.CO/C(=N\C1(N2CCC(N3CCCCC3=O)CC2)C=CC1)C(F)F.CS(=O)(=O)c1cc(F)c(N)c(F)c1.[HH]. The van der Waals surface area contributed by atoms with Gasteiger partial charge in [0.2, 0.25) is 5.91 Å². The average Bonchev–Trinajstić information content (AvgIpc) is 2.88. The molecular formula is C26H40F4N4O4S. The van der Waals surface area contributed by atoms with Crippen LogP contribution in [0.4, 0.5) is 23.2 Å². The van der Waals surface area contributed by atoms with Crippen molar-refractivity contribution in [2.75, 3.05) is 38.7 Å². The second kappa shape index (κ2) is 14.1. The van der Waals surface area contributed by atoms with Crippen molar-refractivity contribution >= 4 is 27.3 Å². The molecular weight excluding hydrogens is 540 g/mol. The molecule has 2 aliphatic heterocycles. The number of likely N-dealkylation sites (tertiary alicyclic amines) is 2. The topological polar surface area (TPSA) is 105 Å². The number of hydrogen-bond acceptors (Lipinski definition) is 7. The Hall–Kier alpha value is -2.67. The summed E-state index contributed by atoms with van der Waals surface area (Å²) in [5.74, 6) is -2.39. The first-order valence-corrected chi connectivity index (χ1v) is 14.9. The van der Waals surface area contributed by atoms with E-state index in [9.17, 15) is 30.8 Å². The number of nitrogens with zero attached hydrogens (tertiary/aromatic N) is 3. The Morgan fingerprint density at radius 3 is 2.13 bits per heavy atom. The minimum atomic E-state index is -3.60. The average molecular weight is 581 g/mol. The van der Waals surface area contributed by atoms with E-state index < -0.39 is 50.0 Å². The van der Waals surface area contributed by atoms with Crippen molar-refractivity contribution in [2.24, 2.45) is 4.99 Å². The molecule has 2 saturated heterocycles. The van der Waals surface area contributed by atoms with Gasteiger partial charge in [-0.25, -0.2) is 22.2 Å². The molecule has 0 spiro atoms. The zero-order valence-corrected chi connectivity index (χ0v) is 23.6. The Labute approximate surface area is 229 Å². The lowest BCUT2D eigenvalue weighted by molar-refractivity contribution is -0.137. The first kappa shape index (κ1) is 32.5. The number of aliphatic imine (C=N–C) groups is 1. The van der Waals surface area contributed by atoms with Crippen LogP contribution in [0.15, 0.2) is 34.2 Å². The van der Waals surface area contributed by atoms with Gasteiger partial charge in [-0.15, -0.1) is 0 Å². The number of anilines is 1. The summed E-state index contributed by atoms with van der Waals surface area (Å²) in [6.07, 6.45) is 7.06. The molecule has 0 aromatic heterocycles. The minimum Gasteiger partial charge on any atom is -0.480 e. The molecule has 1 amide bonds. The standard InChI is InChI=1S/C17H25F2N3O2.C7H7F2NO2S.C2H6.H2/c1-24-16(15(18)19)20-17(8-4-9-17)21-11-6-13(7-12-21)22-10-3-2-5-14(22)23;1-13(11,12)4-2-5(8)7(10)6(9)3-4;1-2;/h4,8,13,15H,2-3,5-7,9-12H2,1H3;2-3H,10H2,1H3;1-2H3;1H/b20-16-;;;. The van der Waals surface area contributed by atoms with Crippen LogP contribution in [0.1, 0.15) is 53.8 Å². The normalized spacial score (nSPS) is 22.4. The van der Waals surface area contributed by atoms with Crippen LogP contribution < -0.4 is 5.73 Å². The molecule has 1 aromatic carbocycles. The highest BCUT2D eigenvalue weighted by Crippen LogP contribution is 2.36. The van der Waals surface area contributed by atoms with Crippen molar-refractivity contribution in [3.63, 3.8) is 0 Å². The Morgan fingerprint density at radius 1 is 1.15 bits per heavy atom. The van der Waals surface area contributed by atoms with Crippen LogP contribution in [0.5, 0.6) is 0 Å². The lowest BCUT2D eigenvalue weighted by Gasteiger charge is -2.48. The van der Waals surface area contributed by atoms with Gasteiger partial charge in [-0.05, 0) is 43.9 Å². The first-order valence-electron chi connectivity index (χ1n) is 13.0. The zero-order chi connectivity index (χ0) is 29.4. The lowest BCUT2D eigenvalue weighted by Crippen LogP contribution is -2.56. The summed E-state index contributed by atoms with van der Waals surface area (Å²) in [6.45, 7) is 6.36. The fourth-order valence-corrected chi connectivity index (χ4v) is 5.28. The summed E-state index contributed by atoms with van der Waals surface area (Å²) < 4.78 is 77.9. The highest BCUT2D eigenvalue weighted by atomic mass is 32.2. The fourth-order valence-electron chi connectivity index (χ4n) is 4.64. The molecule has 1 aliphatic carbocycles. The number of piperidine rings is 2. The second-order valence-electron chi connectivity index (χ2n) is 9.28. The number of benzene rings is 1. The van der Waals surface area contributed by atoms with Gasteiger partial charge in [-0.2, -0.15) is 8.78 Å². The van der Waals surface area contributed by atoms with Crippen molar-refractivity contribution in [1.82, 2.24) is 9.80 Å². The van der Waals surface area contributed by atoms with Crippen molar-refractivity contribution in [1.29, 1.82) is 0 Å². The van der Waals surface area contributed by atoms with Gasteiger partial charge in [0.25, 0.3) is 5.90 Å². The molecule has 222 valence electrons. The molecule has 0 saturated carbocycles. The highest BCUT2D eigenvalue weighted by Gasteiger charge is 2.42. The lowest BCUT2D eigenvalue weighted by atomic mass is 9.89. The third-order valence-corrected chi connectivity index (χ3v) is 7.89. The number of carbonyl (C=O) groups excluding carboxylic acids is 1. The highest BCUT2D eigenvalue weighted by molar-refractivity contribution is 7.90. The number of ether oxygens (including phenoxy) is 1. The summed E-state index contributed by atoms with van der Waals surface area (Å²) >= 11 is 0. The van der Waals surface area contributed by atoms with Crippen LogP contribution in [-0.2, 0) is 19.4 Å². The van der Waals surface area contributed by atoms with Gasteiger partial charge in [0.1, 0.15) is 23.0 Å². The Morgan fingerprint density at radius 2 is 1.72 bits per heavy atom. The van der Waals surface area contributed by atoms with Crippen LogP contribution >= 0.6 is 0 Å². The quantitative estimate of drug-likeness (QED) is 0.179. The molecule has 3 aliphatic rings. The summed E-state index contributed by atoms with van der Waals surface area (Å²) in [4.78, 5) is 20.0. The van der Waals surface area contributed by atoms with Gasteiger partial charge < -0.3 is 15.4 Å². The zero-order valence-electron chi connectivity index (χ0n) is 22.8. The van der Waals surface area contributed by atoms with Crippen molar-refractivity contribution in [2.45, 2.75) is 75.4 Å². The number of halogens is 4. The van der Waals surface area contributed by atoms with E-state index in [2.05, 4.69) is 9.89 Å². The number of nitrogen functional groups attached to an aromatic ring is 1. The number of rotatable bonds is 5. The molecule has 2 N–H and O–H groups in total. The predicted octanol–water partition coefficient (Wildman–Crippen LogP) is 4.65. The minimum absolute atomic E-state index is 0. The number of hydrogen-bond donors (Lipinski definition) is 1. The van der Waals surface area contributed by atoms with Gasteiger partial charge in [0, 0.05) is 46.2 Å². The van der Waals surface area contributed by atoms with Crippen molar-refractivity contribution in [3.05, 3.63) is 35.9 Å². The monoisotopic (exact) mass is 580 g/mol.